The molecule has 28 heavy (non-hydrogen) atoms. The minimum atomic E-state index is 0.0172. The number of amides is 1. The third kappa shape index (κ3) is 4.69. The van der Waals surface area contributed by atoms with Crippen molar-refractivity contribution in [3.8, 4) is 0 Å². The number of nitrogens with zero attached hydrogens (tertiary/aromatic N) is 3. The van der Waals surface area contributed by atoms with Crippen molar-refractivity contribution in [3.05, 3.63) is 70.2 Å². The predicted octanol–water partition coefficient (Wildman–Crippen LogP) is 4.64. The van der Waals surface area contributed by atoms with Gasteiger partial charge >= 0.3 is 0 Å². The Kier molecular flexibility index (Phi) is 5.88. The summed E-state index contributed by atoms with van der Waals surface area (Å²) in [5, 5.41) is 13.4. The highest BCUT2D eigenvalue weighted by molar-refractivity contribution is 7.15. The molecular weight excluding hydrogens is 392 g/mol. The van der Waals surface area contributed by atoms with Crippen molar-refractivity contribution >= 4 is 39.7 Å². The fourth-order valence-electron chi connectivity index (χ4n) is 3.40. The van der Waals surface area contributed by atoms with Crippen molar-refractivity contribution < 1.29 is 4.79 Å². The van der Waals surface area contributed by atoms with Crippen LogP contribution in [0, 0.1) is 5.92 Å². The second kappa shape index (κ2) is 8.71. The maximum Gasteiger partial charge on any atom is 0.229 e. The molecule has 0 atom stereocenters. The maximum absolute atomic E-state index is 12.6. The standard InChI is InChI=1S/C21H21ClN4OS/c22-17-8-6-15(7-9-17)14-19-24-25-21(28-19)23-20(27)16-10-12-26(13-11-16)18-4-2-1-3-5-18/h1-9,16H,10-14H2,(H,23,25,27). The summed E-state index contributed by atoms with van der Waals surface area (Å²) in [5.41, 5.74) is 2.34. The summed E-state index contributed by atoms with van der Waals surface area (Å²) < 4.78 is 0. The molecule has 0 radical (unpaired) electrons. The Hall–Kier alpha value is -2.44. The number of carbonyl (C=O) groups excluding carboxylic acids is 1. The zero-order valence-corrected chi connectivity index (χ0v) is 16.9. The molecule has 5 nitrogen and oxygen atoms in total. The van der Waals surface area contributed by atoms with Crippen LogP contribution >= 0.6 is 22.9 Å². The number of carbonyl (C=O) groups is 1. The van der Waals surface area contributed by atoms with Crippen LogP contribution in [0.5, 0.6) is 0 Å². The first-order chi connectivity index (χ1) is 13.7. The third-order valence-electron chi connectivity index (χ3n) is 4.95. The normalized spacial score (nSPS) is 14.8. The first-order valence-electron chi connectivity index (χ1n) is 9.35. The van der Waals surface area contributed by atoms with Crippen LogP contribution in [0.2, 0.25) is 5.02 Å². The molecular formula is C21H21ClN4OS. The van der Waals surface area contributed by atoms with Crippen molar-refractivity contribution in [3.63, 3.8) is 0 Å². The average Bonchev–Trinajstić information content (AvgIpc) is 3.17. The molecule has 1 aromatic heterocycles. The van der Waals surface area contributed by atoms with Crippen LogP contribution < -0.4 is 10.2 Å². The highest BCUT2D eigenvalue weighted by Gasteiger charge is 2.25. The number of piperidine rings is 1. The molecule has 1 N–H and O–H groups in total. The van der Waals surface area contributed by atoms with Crippen molar-refractivity contribution in [2.75, 3.05) is 23.3 Å². The largest absolute Gasteiger partial charge is 0.371 e. The lowest BCUT2D eigenvalue weighted by molar-refractivity contribution is -0.120. The van der Waals surface area contributed by atoms with Crippen LogP contribution in [0.4, 0.5) is 10.8 Å². The Morgan fingerprint density at radius 1 is 1.07 bits per heavy atom. The van der Waals surface area contributed by atoms with Gasteiger partial charge < -0.3 is 10.2 Å². The van der Waals surface area contributed by atoms with Gasteiger partial charge in [-0.1, -0.05) is 53.3 Å². The van der Waals surface area contributed by atoms with E-state index in [0.29, 0.717) is 16.6 Å². The lowest BCUT2D eigenvalue weighted by Gasteiger charge is -2.32. The summed E-state index contributed by atoms with van der Waals surface area (Å²) in [6, 6.07) is 18.0. The molecule has 0 aliphatic carbocycles. The molecule has 0 spiro atoms. The molecule has 3 aromatic rings. The summed E-state index contributed by atoms with van der Waals surface area (Å²) in [6.07, 6.45) is 2.37. The van der Waals surface area contributed by atoms with E-state index in [-0.39, 0.29) is 11.8 Å². The number of nitrogens with one attached hydrogen (secondary N) is 1. The molecule has 0 bridgehead atoms. The molecule has 1 saturated heterocycles. The van der Waals surface area contributed by atoms with Gasteiger partial charge in [-0.2, -0.15) is 0 Å². The van der Waals surface area contributed by atoms with E-state index in [9.17, 15) is 4.79 Å². The molecule has 0 saturated carbocycles. The van der Waals surface area contributed by atoms with E-state index >= 15 is 0 Å². The summed E-state index contributed by atoms with van der Waals surface area (Å²) in [4.78, 5) is 14.9. The fraction of sp³-hybridized carbons (Fsp3) is 0.286. The van der Waals surface area contributed by atoms with Gasteiger partial charge in [-0.3, -0.25) is 4.79 Å². The smallest absolute Gasteiger partial charge is 0.229 e. The lowest BCUT2D eigenvalue weighted by atomic mass is 9.95. The van der Waals surface area contributed by atoms with E-state index in [1.54, 1.807) is 0 Å². The van der Waals surface area contributed by atoms with E-state index in [4.69, 9.17) is 11.6 Å². The van der Waals surface area contributed by atoms with Gasteiger partial charge in [0.1, 0.15) is 5.01 Å². The monoisotopic (exact) mass is 412 g/mol. The molecule has 1 aliphatic rings. The number of benzene rings is 2. The van der Waals surface area contributed by atoms with E-state index < -0.39 is 0 Å². The van der Waals surface area contributed by atoms with Crippen molar-refractivity contribution in [2.24, 2.45) is 5.92 Å². The van der Waals surface area contributed by atoms with Gasteiger partial charge in [0, 0.05) is 36.1 Å². The summed E-state index contributed by atoms with van der Waals surface area (Å²) in [6.45, 7) is 1.78. The molecule has 4 rings (SSSR count). The zero-order chi connectivity index (χ0) is 19.3. The number of aromatic nitrogens is 2. The Morgan fingerprint density at radius 2 is 1.79 bits per heavy atom. The SMILES string of the molecule is O=C(Nc1nnc(Cc2ccc(Cl)cc2)s1)C1CCN(c2ccccc2)CC1. The van der Waals surface area contributed by atoms with E-state index in [1.165, 1.54) is 17.0 Å². The molecule has 1 aliphatic heterocycles. The Labute approximate surface area is 173 Å². The second-order valence-corrected chi connectivity index (χ2v) is 8.39. The van der Waals surface area contributed by atoms with Gasteiger partial charge in [-0.25, -0.2) is 0 Å². The van der Waals surface area contributed by atoms with E-state index in [1.807, 2.05) is 42.5 Å². The first-order valence-corrected chi connectivity index (χ1v) is 10.5. The van der Waals surface area contributed by atoms with Crippen LogP contribution in [-0.2, 0) is 11.2 Å². The van der Waals surface area contributed by atoms with Crippen molar-refractivity contribution in [1.82, 2.24) is 10.2 Å². The molecule has 2 heterocycles. The number of para-hydroxylation sites is 1. The van der Waals surface area contributed by atoms with Crippen LogP contribution in [0.3, 0.4) is 0 Å². The number of anilines is 2. The lowest BCUT2D eigenvalue weighted by Crippen LogP contribution is -2.38. The quantitative estimate of drug-likeness (QED) is 0.663. The summed E-state index contributed by atoms with van der Waals surface area (Å²) in [7, 11) is 0. The topological polar surface area (TPSA) is 58.1 Å². The third-order valence-corrected chi connectivity index (χ3v) is 6.04. The fourth-order valence-corrected chi connectivity index (χ4v) is 4.30. The maximum atomic E-state index is 12.6. The molecule has 7 heteroatoms. The molecule has 2 aromatic carbocycles. The molecule has 144 valence electrons. The van der Waals surface area contributed by atoms with E-state index in [2.05, 4.69) is 32.5 Å². The van der Waals surface area contributed by atoms with Gasteiger partial charge in [0.2, 0.25) is 11.0 Å². The van der Waals surface area contributed by atoms with Crippen LogP contribution in [0.15, 0.2) is 54.6 Å². The van der Waals surface area contributed by atoms with Crippen molar-refractivity contribution in [1.29, 1.82) is 0 Å². The van der Waals surface area contributed by atoms with Gasteiger partial charge in [0.25, 0.3) is 0 Å². The highest BCUT2D eigenvalue weighted by Crippen LogP contribution is 2.25. The predicted molar refractivity (Wildman–Crippen MR) is 114 cm³/mol. The van der Waals surface area contributed by atoms with Gasteiger partial charge in [-0.05, 0) is 42.7 Å². The number of halogens is 1. The van der Waals surface area contributed by atoms with Crippen LogP contribution in [0.1, 0.15) is 23.4 Å². The zero-order valence-electron chi connectivity index (χ0n) is 15.3. The Bertz CT molecular complexity index is 921. The van der Waals surface area contributed by atoms with Crippen molar-refractivity contribution in [2.45, 2.75) is 19.3 Å². The summed E-state index contributed by atoms with van der Waals surface area (Å²) in [5.74, 6) is 0.0606. The van der Waals surface area contributed by atoms with Gasteiger partial charge in [0.05, 0.1) is 0 Å². The highest BCUT2D eigenvalue weighted by atomic mass is 35.5. The summed E-state index contributed by atoms with van der Waals surface area (Å²) >= 11 is 7.34. The van der Waals surface area contributed by atoms with Gasteiger partial charge in [-0.15, -0.1) is 10.2 Å². The van der Waals surface area contributed by atoms with E-state index in [0.717, 1.165) is 36.5 Å². The van der Waals surface area contributed by atoms with Crippen LogP contribution in [-0.4, -0.2) is 29.2 Å². The number of hydrogen-bond donors (Lipinski definition) is 1. The number of rotatable bonds is 5. The minimum Gasteiger partial charge on any atom is -0.371 e. The first kappa shape index (κ1) is 18.9. The Balaban J connectivity index is 1.30. The molecule has 1 fully saturated rings. The molecule has 0 unspecified atom stereocenters. The number of hydrogen-bond acceptors (Lipinski definition) is 5. The minimum absolute atomic E-state index is 0.0172. The second-order valence-electron chi connectivity index (χ2n) is 6.89. The molecule has 1 amide bonds. The van der Waals surface area contributed by atoms with Gasteiger partial charge in [0.15, 0.2) is 0 Å². The van der Waals surface area contributed by atoms with Crippen LogP contribution in [0.25, 0.3) is 0 Å². The average molecular weight is 413 g/mol. The Morgan fingerprint density at radius 3 is 2.50 bits per heavy atom.